The summed E-state index contributed by atoms with van der Waals surface area (Å²) in [6.45, 7) is 0. The molecule has 0 saturated carbocycles. The zero-order chi connectivity index (χ0) is 13.3. The van der Waals surface area contributed by atoms with Crippen LogP contribution in [0.4, 0.5) is 5.69 Å². The van der Waals surface area contributed by atoms with Gasteiger partial charge in [0.15, 0.2) is 0 Å². The van der Waals surface area contributed by atoms with Crippen LogP contribution >= 0.6 is 11.6 Å². The second kappa shape index (κ2) is 4.70. The van der Waals surface area contributed by atoms with E-state index in [1.54, 1.807) is 32.4 Å². The number of hydrogen-bond donors (Lipinski definition) is 1. The Morgan fingerprint density at radius 3 is 2.72 bits per heavy atom. The summed E-state index contributed by atoms with van der Waals surface area (Å²) >= 11 is 5.95. The van der Waals surface area contributed by atoms with Crippen LogP contribution in [-0.2, 0) is 7.05 Å². The minimum Gasteiger partial charge on any atom is -0.496 e. The number of aromatic nitrogens is 2. The van der Waals surface area contributed by atoms with E-state index in [1.807, 2.05) is 0 Å². The van der Waals surface area contributed by atoms with E-state index in [2.05, 4.69) is 5.10 Å². The number of hydrogen-bond acceptors (Lipinski definition) is 4. The number of aryl methyl sites for hydroxylation is 1. The van der Waals surface area contributed by atoms with Gasteiger partial charge in [-0.25, -0.2) is 4.68 Å². The molecule has 0 unspecified atom stereocenters. The molecular formula is C12H12ClN3O2. The predicted octanol–water partition coefficient (Wildman–Crippen LogP) is 1.69. The van der Waals surface area contributed by atoms with Gasteiger partial charge in [0.25, 0.3) is 5.56 Å². The van der Waals surface area contributed by atoms with Crippen molar-refractivity contribution in [2.45, 2.75) is 0 Å². The average molecular weight is 266 g/mol. The van der Waals surface area contributed by atoms with Crippen molar-refractivity contribution >= 4 is 17.3 Å². The highest BCUT2D eigenvalue weighted by molar-refractivity contribution is 6.30. The van der Waals surface area contributed by atoms with Crippen LogP contribution in [0.25, 0.3) is 11.3 Å². The maximum Gasteiger partial charge on any atom is 0.289 e. The summed E-state index contributed by atoms with van der Waals surface area (Å²) in [4.78, 5) is 11.5. The number of benzene rings is 1. The molecular weight excluding hydrogens is 254 g/mol. The van der Waals surface area contributed by atoms with Crippen LogP contribution in [0, 0.1) is 0 Å². The number of nitrogen functional groups attached to an aromatic ring is 1. The molecule has 0 amide bonds. The minimum atomic E-state index is -0.334. The second-order valence-electron chi connectivity index (χ2n) is 3.76. The highest BCUT2D eigenvalue weighted by atomic mass is 35.5. The fourth-order valence-electron chi connectivity index (χ4n) is 1.64. The van der Waals surface area contributed by atoms with Crippen LogP contribution in [0.3, 0.4) is 0 Å². The maximum absolute atomic E-state index is 11.5. The van der Waals surface area contributed by atoms with Gasteiger partial charge in [-0.3, -0.25) is 4.79 Å². The maximum atomic E-state index is 11.5. The summed E-state index contributed by atoms with van der Waals surface area (Å²) in [7, 11) is 3.09. The first-order valence-corrected chi connectivity index (χ1v) is 5.58. The Balaban J connectivity index is 2.68. The summed E-state index contributed by atoms with van der Waals surface area (Å²) in [5.74, 6) is 0.616. The number of anilines is 1. The van der Waals surface area contributed by atoms with Crippen LogP contribution in [0.2, 0.25) is 5.02 Å². The van der Waals surface area contributed by atoms with E-state index in [9.17, 15) is 4.79 Å². The molecule has 0 aliphatic rings. The van der Waals surface area contributed by atoms with Crippen LogP contribution < -0.4 is 16.0 Å². The molecule has 0 bridgehead atoms. The first-order chi connectivity index (χ1) is 8.52. The Hall–Kier alpha value is -2.01. The second-order valence-corrected chi connectivity index (χ2v) is 4.19. The zero-order valence-corrected chi connectivity index (χ0v) is 10.7. The lowest BCUT2D eigenvalue weighted by molar-refractivity contribution is 0.416. The van der Waals surface area contributed by atoms with Gasteiger partial charge in [-0.05, 0) is 24.3 Å². The standard InChI is InChI=1S/C12H12ClN3O2/c1-16-12(17)9(14)6-10(15-16)8-5-7(13)3-4-11(8)18-2/h3-6H,14H2,1-2H3. The quantitative estimate of drug-likeness (QED) is 0.897. The highest BCUT2D eigenvalue weighted by Crippen LogP contribution is 2.31. The molecule has 2 rings (SSSR count). The van der Waals surface area contributed by atoms with E-state index in [0.717, 1.165) is 0 Å². The first-order valence-electron chi connectivity index (χ1n) is 5.20. The zero-order valence-electron chi connectivity index (χ0n) is 9.98. The van der Waals surface area contributed by atoms with Gasteiger partial charge in [0.1, 0.15) is 11.4 Å². The van der Waals surface area contributed by atoms with E-state index < -0.39 is 0 Å². The van der Waals surface area contributed by atoms with E-state index in [4.69, 9.17) is 22.1 Å². The third-order valence-corrected chi connectivity index (χ3v) is 2.76. The molecule has 0 aliphatic carbocycles. The Morgan fingerprint density at radius 2 is 2.11 bits per heavy atom. The van der Waals surface area contributed by atoms with Crippen LogP contribution in [0.1, 0.15) is 0 Å². The van der Waals surface area contributed by atoms with Crippen molar-refractivity contribution in [1.82, 2.24) is 9.78 Å². The van der Waals surface area contributed by atoms with Gasteiger partial charge in [-0.15, -0.1) is 0 Å². The van der Waals surface area contributed by atoms with Crippen molar-refractivity contribution in [1.29, 1.82) is 0 Å². The number of nitrogens with two attached hydrogens (primary N) is 1. The molecule has 0 fully saturated rings. The summed E-state index contributed by atoms with van der Waals surface area (Å²) in [5, 5.41) is 4.69. The molecule has 1 aromatic heterocycles. The number of rotatable bonds is 2. The van der Waals surface area contributed by atoms with E-state index in [1.165, 1.54) is 10.7 Å². The molecule has 2 aromatic rings. The SMILES string of the molecule is COc1ccc(Cl)cc1-c1cc(N)c(=O)n(C)n1. The number of methoxy groups -OCH3 is 1. The summed E-state index contributed by atoms with van der Waals surface area (Å²) in [6, 6.07) is 6.68. The molecule has 94 valence electrons. The minimum absolute atomic E-state index is 0.129. The van der Waals surface area contributed by atoms with Gasteiger partial charge >= 0.3 is 0 Å². The molecule has 1 heterocycles. The van der Waals surface area contributed by atoms with E-state index in [-0.39, 0.29) is 11.2 Å². The fourth-order valence-corrected chi connectivity index (χ4v) is 1.82. The average Bonchev–Trinajstić information content (AvgIpc) is 2.35. The molecule has 0 saturated heterocycles. The lowest BCUT2D eigenvalue weighted by Gasteiger charge is -2.09. The number of halogens is 1. The molecule has 2 N–H and O–H groups in total. The summed E-state index contributed by atoms with van der Waals surface area (Å²) < 4.78 is 6.42. The molecule has 0 spiro atoms. The van der Waals surface area contributed by atoms with Crippen molar-refractivity contribution in [3.63, 3.8) is 0 Å². The molecule has 0 radical (unpaired) electrons. The Morgan fingerprint density at radius 1 is 1.39 bits per heavy atom. The summed E-state index contributed by atoms with van der Waals surface area (Å²) in [6.07, 6.45) is 0. The van der Waals surface area contributed by atoms with Gasteiger partial charge < -0.3 is 10.5 Å². The van der Waals surface area contributed by atoms with Crippen molar-refractivity contribution in [2.75, 3.05) is 12.8 Å². The predicted molar refractivity (Wildman–Crippen MR) is 70.9 cm³/mol. The molecule has 5 nitrogen and oxygen atoms in total. The smallest absolute Gasteiger partial charge is 0.289 e. The van der Waals surface area contributed by atoms with Crippen molar-refractivity contribution in [2.24, 2.45) is 7.05 Å². The van der Waals surface area contributed by atoms with Crippen LogP contribution in [0.15, 0.2) is 29.1 Å². The number of ether oxygens (including phenoxy) is 1. The molecule has 0 atom stereocenters. The molecule has 18 heavy (non-hydrogen) atoms. The van der Waals surface area contributed by atoms with Crippen molar-refractivity contribution in [3.8, 4) is 17.0 Å². The number of nitrogens with zero attached hydrogens (tertiary/aromatic N) is 2. The van der Waals surface area contributed by atoms with Crippen molar-refractivity contribution in [3.05, 3.63) is 39.6 Å². The lowest BCUT2D eigenvalue weighted by Crippen LogP contribution is -2.22. The van der Waals surface area contributed by atoms with Gasteiger partial charge in [0.2, 0.25) is 0 Å². The van der Waals surface area contributed by atoms with Gasteiger partial charge in [-0.1, -0.05) is 11.6 Å². The third-order valence-electron chi connectivity index (χ3n) is 2.53. The largest absolute Gasteiger partial charge is 0.496 e. The first kappa shape index (κ1) is 12.4. The monoisotopic (exact) mass is 265 g/mol. The van der Waals surface area contributed by atoms with Gasteiger partial charge in [0, 0.05) is 17.6 Å². The van der Waals surface area contributed by atoms with Gasteiger partial charge in [0.05, 0.1) is 12.8 Å². The van der Waals surface area contributed by atoms with Crippen molar-refractivity contribution < 1.29 is 4.74 Å². The van der Waals surface area contributed by atoms with Crippen LogP contribution in [-0.4, -0.2) is 16.9 Å². The normalized spacial score (nSPS) is 10.4. The summed E-state index contributed by atoms with van der Waals surface area (Å²) in [5.41, 5.74) is 6.66. The Bertz CT molecular complexity index is 626. The molecule has 6 heteroatoms. The van der Waals surface area contributed by atoms with E-state index >= 15 is 0 Å². The molecule has 1 aromatic carbocycles. The topological polar surface area (TPSA) is 70.1 Å². The van der Waals surface area contributed by atoms with Crippen LogP contribution in [0.5, 0.6) is 5.75 Å². The Labute approximate surface area is 109 Å². The highest BCUT2D eigenvalue weighted by Gasteiger charge is 2.11. The fraction of sp³-hybridized carbons (Fsp3) is 0.167. The van der Waals surface area contributed by atoms with Gasteiger partial charge in [-0.2, -0.15) is 5.10 Å². The Kier molecular flexibility index (Phi) is 3.25. The van der Waals surface area contributed by atoms with E-state index in [0.29, 0.717) is 22.0 Å². The lowest BCUT2D eigenvalue weighted by atomic mass is 10.1. The molecule has 0 aliphatic heterocycles. The third kappa shape index (κ3) is 2.17.